The van der Waals surface area contributed by atoms with Gasteiger partial charge in [0.2, 0.25) is 0 Å². The smallest absolute Gasteiger partial charge is 0.320 e. The molecule has 1 aromatic heterocycles. The van der Waals surface area contributed by atoms with Gasteiger partial charge < -0.3 is 29.5 Å². The number of nitrogens with one attached hydrogen (secondary N) is 1. The van der Waals surface area contributed by atoms with Gasteiger partial charge in [-0.2, -0.15) is 5.26 Å². The minimum atomic E-state index is -0.826. The number of carboxylic acid groups (broad SMARTS) is 1. The lowest BCUT2D eigenvalue weighted by atomic mass is 9.78. The fourth-order valence-electron chi connectivity index (χ4n) is 8.82. The molecule has 11 heteroatoms. The van der Waals surface area contributed by atoms with Gasteiger partial charge >= 0.3 is 5.97 Å². The Bertz CT molecular complexity index is 2080. The lowest BCUT2D eigenvalue weighted by molar-refractivity contribution is -0.144. The van der Waals surface area contributed by atoms with Crippen LogP contribution in [0.15, 0.2) is 67.0 Å². The molecule has 0 saturated carbocycles. The molecule has 3 aromatic carbocycles. The van der Waals surface area contributed by atoms with Crippen molar-refractivity contribution in [1.29, 1.82) is 5.26 Å². The molecule has 0 aliphatic carbocycles. The summed E-state index contributed by atoms with van der Waals surface area (Å²) in [6, 6.07) is 19.4. The number of halogens is 1. The standard InChI is InChI=1S/C46H54ClN5O5/c1-32-36(8-5-9-38(32)39-10-6-12-42(33(39)2)55-21-7-18-51-20-15-46(31-51)13-16-49-17-14-46)30-57-44-24-43(56-29-35-22-34(25-48)26-50-27-35)37(23-40(44)47)28-52-19-4-3-11-41(52)45(53)54/h5-6,8-10,12,22-24,26-27,41,49H,3-4,7,11,13-21,28-31H2,1-2H3,(H,53,54)/t41-/m0/s1. The van der Waals surface area contributed by atoms with Gasteiger partial charge in [-0.05, 0) is 130 Å². The van der Waals surface area contributed by atoms with E-state index in [4.69, 9.17) is 25.8 Å². The van der Waals surface area contributed by atoms with Gasteiger partial charge in [0.1, 0.15) is 42.6 Å². The van der Waals surface area contributed by atoms with Crippen molar-refractivity contribution in [3.63, 3.8) is 0 Å². The van der Waals surface area contributed by atoms with Crippen molar-refractivity contribution in [1.82, 2.24) is 20.1 Å². The first-order valence-corrected chi connectivity index (χ1v) is 20.7. The number of likely N-dealkylation sites (tertiary alicyclic amines) is 2. The second-order valence-electron chi connectivity index (χ2n) is 16.0. The molecule has 3 aliphatic rings. The minimum absolute atomic E-state index is 0.166. The average molecular weight is 792 g/mol. The van der Waals surface area contributed by atoms with Crippen LogP contribution in [0.4, 0.5) is 0 Å². The molecule has 57 heavy (non-hydrogen) atoms. The van der Waals surface area contributed by atoms with Crippen molar-refractivity contribution >= 4 is 17.6 Å². The molecule has 3 saturated heterocycles. The number of aliphatic carboxylic acids is 1. The summed E-state index contributed by atoms with van der Waals surface area (Å²) in [6.07, 6.45) is 10.5. The van der Waals surface area contributed by atoms with E-state index < -0.39 is 12.0 Å². The number of nitriles is 1. The molecule has 10 nitrogen and oxygen atoms in total. The van der Waals surface area contributed by atoms with Crippen molar-refractivity contribution in [2.75, 3.05) is 45.9 Å². The number of nitrogens with zero attached hydrogens (tertiary/aromatic N) is 4. The van der Waals surface area contributed by atoms with E-state index in [0.717, 1.165) is 83.6 Å². The van der Waals surface area contributed by atoms with Gasteiger partial charge in [0.15, 0.2) is 0 Å². The van der Waals surface area contributed by atoms with Crippen LogP contribution in [0.25, 0.3) is 11.1 Å². The maximum Gasteiger partial charge on any atom is 0.320 e. The van der Waals surface area contributed by atoms with E-state index in [1.807, 2.05) is 11.0 Å². The van der Waals surface area contributed by atoms with Crippen LogP contribution in [0.3, 0.4) is 0 Å². The lowest BCUT2D eigenvalue weighted by Crippen LogP contribution is -2.44. The molecule has 3 aliphatic heterocycles. The van der Waals surface area contributed by atoms with Crippen LogP contribution < -0.4 is 19.5 Å². The predicted molar refractivity (Wildman–Crippen MR) is 222 cm³/mol. The van der Waals surface area contributed by atoms with Gasteiger partial charge in [-0.3, -0.25) is 14.7 Å². The normalized spacial score (nSPS) is 18.3. The Hall–Kier alpha value is -4.66. The summed E-state index contributed by atoms with van der Waals surface area (Å²) in [7, 11) is 0. The molecule has 4 heterocycles. The van der Waals surface area contributed by atoms with E-state index in [1.165, 1.54) is 38.5 Å². The summed E-state index contributed by atoms with van der Waals surface area (Å²) in [6.45, 7) is 12.2. The quantitative estimate of drug-likeness (QED) is 0.114. The number of rotatable bonds is 15. The van der Waals surface area contributed by atoms with Crippen LogP contribution in [-0.2, 0) is 24.6 Å². The number of benzene rings is 3. The fraction of sp³-hybridized carbons (Fsp3) is 0.457. The zero-order valence-electron chi connectivity index (χ0n) is 33.2. The predicted octanol–water partition coefficient (Wildman–Crippen LogP) is 8.33. The van der Waals surface area contributed by atoms with E-state index in [9.17, 15) is 15.2 Å². The number of carbonyl (C=O) groups is 1. The van der Waals surface area contributed by atoms with Gasteiger partial charge in [0.05, 0.1) is 17.2 Å². The third kappa shape index (κ3) is 9.90. The van der Waals surface area contributed by atoms with E-state index in [2.05, 4.69) is 71.5 Å². The van der Waals surface area contributed by atoms with Crippen LogP contribution in [0.5, 0.6) is 17.2 Å². The highest BCUT2D eigenvalue weighted by molar-refractivity contribution is 6.32. The second kappa shape index (κ2) is 18.7. The van der Waals surface area contributed by atoms with Crippen molar-refractivity contribution in [2.45, 2.75) is 84.6 Å². The van der Waals surface area contributed by atoms with Crippen LogP contribution in [0.2, 0.25) is 5.02 Å². The molecule has 0 unspecified atom stereocenters. The third-order valence-electron chi connectivity index (χ3n) is 12.2. The molecule has 2 N–H and O–H groups in total. The highest BCUT2D eigenvalue weighted by atomic mass is 35.5. The monoisotopic (exact) mass is 791 g/mol. The second-order valence-corrected chi connectivity index (χ2v) is 16.4. The zero-order chi connectivity index (χ0) is 39.8. The highest BCUT2D eigenvalue weighted by Crippen LogP contribution is 2.39. The van der Waals surface area contributed by atoms with Gasteiger partial charge in [-0.1, -0.05) is 48.4 Å². The first-order valence-electron chi connectivity index (χ1n) is 20.4. The van der Waals surface area contributed by atoms with E-state index in [0.29, 0.717) is 53.6 Å². The Kier molecular flexibility index (Phi) is 13.3. The van der Waals surface area contributed by atoms with Crippen molar-refractivity contribution < 1.29 is 24.1 Å². The number of ether oxygens (including phenoxy) is 3. The lowest BCUT2D eigenvalue weighted by Gasteiger charge is -2.33. The Morgan fingerprint density at radius 2 is 1.72 bits per heavy atom. The molecule has 0 bridgehead atoms. The number of hydrogen-bond donors (Lipinski definition) is 2. The Morgan fingerprint density at radius 3 is 2.53 bits per heavy atom. The first-order chi connectivity index (χ1) is 27.7. The molecule has 7 rings (SSSR count). The molecule has 0 radical (unpaired) electrons. The SMILES string of the molecule is Cc1c(COc2cc(OCc3cncc(C#N)c3)c(CN3CCCC[C@H]3C(=O)O)cc2Cl)cccc1-c1cccc(OCCCN2CCC3(CCNCC3)C2)c1C. The van der Waals surface area contributed by atoms with Crippen molar-refractivity contribution in [3.05, 3.63) is 105 Å². The maximum absolute atomic E-state index is 12.1. The molecule has 1 spiro atoms. The minimum Gasteiger partial charge on any atom is -0.493 e. The Balaban J connectivity index is 1.03. The Labute approximate surface area is 341 Å². The molecule has 1 atom stereocenters. The molecule has 0 amide bonds. The maximum atomic E-state index is 12.1. The number of pyridine rings is 1. The number of hydrogen-bond acceptors (Lipinski definition) is 9. The molecular weight excluding hydrogens is 738 g/mol. The highest BCUT2D eigenvalue weighted by Gasteiger charge is 2.38. The van der Waals surface area contributed by atoms with Crippen LogP contribution in [0.1, 0.15) is 78.3 Å². The molecule has 3 fully saturated rings. The molecular formula is C46H54ClN5O5. The molecule has 300 valence electrons. The van der Waals surface area contributed by atoms with Gasteiger partial charge in [-0.25, -0.2) is 0 Å². The summed E-state index contributed by atoms with van der Waals surface area (Å²) >= 11 is 6.89. The summed E-state index contributed by atoms with van der Waals surface area (Å²) in [5.74, 6) is 1.09. The zero-order valence-corrected chi connectivity index (χ0v) is 34.0. The van der Waals surface area contributed by atoms with Crippen molar-refractivity contribution in [2.24, 2.45) is 5.41 Å². The van der Waals surface area contributed by atoms with Crippen LogP contribution >= 0.6 is 11.6 Å². The summed E-state index contributed by atoms with van der Waals surface area (Å²) in [5.41, 5.74) is 7.97. The summed E-state index contributed by atoms with van der Waals surface area (Å²) < 4.78 is 19.2. The fourth-order valence-corrected chi connectivity index (χ4v) is 9.06. The van der Waals surface area contributed by atoms with Gasteiger partial charge in [0, 0.05) is 49.2 Å². The first kappa shape index (κ1) is 40.5. The van der Waals surface area contributed by atoms with E-state index in [1.54, 1.807) is 18.3 Å². The third-order valence-corrected chi connectivity index (χ3v) is 12.5. The van der Waals surface area contributed by atoms with E-state index in [-0.39, 0.29) is 13.2 Å². The van der Waals surface area contributed by atoms with Gasteiger partial charge in [0.25, 0.3) is 0 Å². The number of carboxylic acids is 1. The van der Waals surface area contributed by atoms with Crippen molar-refractivity contribution in [3.8, 4) is 34.4 Å². The molecule has 4 aromatic rings. The number of aromatic nitrogens is 1. The Morgan fingerprint density at radius 1 is 0.930 bits per heavy atom. The summed E-state index contributed by atoms with van der Waals surface area (Å²) in [5, 5.41) is 23.2. The number of piperidine rings is 2. The summed E-state index contributed by atoms with van der Waals surface area (Å²) in [4.78, 5) is 20.9. The van der Waals surface area contributed by atoms with Crippen LogP contribution in [0, 0.1) is 30.6 Å². The van der Waals surface area contributed by atoms with E-state index >= 15 is 0 Å². The topological polar surface area (TPSA) is 120 Å². The van der Waals surface area contributed by atoms with Gasteiger partial charge in [-0.15, -0.1) is 0 Å². The average Bonchev–Trinajstić information content (AvgIpc) is 3.61. The largest absolute Gasteiger partial charge is 0.493 e. The van der Waals surface area contributed by atoms with Crippen LogP contribution in [-0.4, -0.2) is 77.8 Å².